The van der Waals surface area contributed by atoms with Crippen LogP contribution in [0, 0.1) is 20.8 Å². The first-order chi connectivity index (χ1) is 13.9. The van der Waals surface area contributed by atoms with Crippen LogP contribution in [0.25, 0.3) is 0 Å². The van der Waals surface area contributed by atoms with E-state index in [0.29, 0.717) is 16.2 Å². The average Bonchev–Trinajstić information content (AvgIpc) is 2.64. The van der Waals surface area contributed by atoms with Gasteiger partial charge in [0.25, 0.3) is 0 Å². The number of hydrogen-bond acceptors (Lipinski definition) is 6. The SMILES string of the molecule is Cc1ccccc1P(c1cc(S(=O)(=O)[O-])ccc1C)c1cccc(S(=O)(=O)[O-])c1C.[Na+].[Na+]. The zero-order valence-corrected chi connectivity index (χ0v) is 25.0. The maximum atomic E-state index is 11.8. The van der Waals surface area contributed by atoms with Crippen LogP contribution in [-0.2, 0) is 20.2 Å². The van der Waals surface area contributed by atoms with Crippen LogP contribution in [0.4, 0.5) is 0 Å². The molecular weight excluding hydrogens is 489 g/mol. The van der Waals surface area contributed by atoms with Gasteiger partial charge in [-0.15, -0.1) is 0 Å². The average molecular weight is 508 g/mol. The van der Waals surface area contributed by atoms with Crippen molar-refractivity contribution in [1.82, 2.24) is 0 Å². The van der Waals surface area contributed by atoms with E-state index in [2.05, 4.69) is 0 Å². The van der Waals surface area contributed by atoms with Crippen LogP contribution >= 0.6 is 7.92 Å². The van der Waals surface area contributed by atoms with Crippen molar-refractivity contribution < 1.29 is 85.1 Å². The monoisotopic (exact) mass is 508 g/mol. The number of aryl methyl sites for hydroxylation is 2. The summed E-state index contributed by atoms with van der Waals surface area (Å²) in [7, 11) is -10.8. The third-order valence-electron chi connectivity index (χ3n) is 4.83. The molecule has 3 aromatic carbocycles. The summed E-state index contributed by atoms with van der Waals surface area (Å²) >= 11 is 0. The predicted molar refractivity (Wildman–Crippen MR) is 115 cm³/mol. The molecule has 0 N–H and O–H groups in total. The summed E-state index contributed by atoms with van der Waals surface area (Å²) in [6, 6.07) is 16.2. The van der Waals surface area contributed by atoms with Crippen molar-refractivity contribution in [2.45, 2.75) is 30.6 Å². The molecule has 0 aliphatic rings. The van der Waals surface area contributed by atoms with Crippen LogP contribution in [0.2, 0.25) is 0 Å². The summed E-state index contributed by atoms with van der Waals surface area (Å²) in [4.78, 5) is -0.666. The van der Waals surface area contributed by atoms with Crippen molar-refractivity contribution in [1.29, 1.82) is 0 Å². The quantitative estimate of drug-likeness (QED) is 0.198. The first-order valence-electron chi connectivity index (χ1n) is 8.89. The Morgan fingerprint density at radius 2 is 1.22 bits per heavy atom. The molecule has 0 aliphatic carbocycles. The van der Waals surface area contributed by atoms with Crippen LogP contribution in [0.1, 0.15) is 16.7 Å². The van der Waals surface area contributed by atoms with Crippen LogP contribution in [0.5, 0.6) is 0 Å². The van der Waals surface area contributed by atoms with Crippen molar-refractivity contribution in [3.05, 3.63) is 77.4 Å². The van der Waals surface area contributed by atoms with Crippen LogP contribution in [0.15, 0.2) is 70.5 Å². The van der Waals surface area contributed by atoms with Gasteiger partial charge in [0, 0.05) is 0 Å². The summed E-state index contributed by atoms with van der Waals surface area (Å²) < 4.78 is 70.2. The van der Waals surface area contributed by atoms with Crippen LogP contribution in [0.3, 0.4) is 0 Å². The van der Waals surface area contributed by atoms with E-state index in [0.717, 1.165) is 16.4 Å². The minimum absolute atomic E-state index is 0. The van der Waals surface area contributed by atoms with Gasteiger partial charge in [-0.25, -0.2) is 16.8 Å². The normalized spacial score (nSPS) is 12.4. The molecule has 0 amide bonds. The van der Waals surface area contributed by atoms with E-state index in [4.69, 9.17) is 0 Å². The largest absolute Gasteiger partial charge is 1.00 e. The molecule has 0 saturated heterocycles. The maximum Gasteiger partial charge on any atom is 1.00 e. The van der Waals surface area contributed by atoms with Gasteiger partial charge in [0.05, 0.1) is 9.79 Å². The van der Waals surface area contributed by atoms with Gasteiger partial charge in [-0.1, -0.05) is 42.5 Å². The molecule has 3 aromatic rings. The Balaban J connectivity index is 0.00000256. The summed E-state index contributed by atoms with van der Waals surface area (Å²) in [5.74, 6) is 0. The molecule has 0 saturated carbocycles. The molecule has 32 heavy (non-hydrogen) atoms. The van der Waals surface area contributed by atoms with Gasteiger partial charge < -0.3 is 9.11 Å². The molecule has 0 bridgehead atoms. The van der Waals surface area contributed by atoms with Crippen LogP contribution < -0.4 is 75.0 Å². The number of benzene rings is 3. The third-order valence-corrected chi connectivity index (χ3v) is 9.56. The molecule has 0 aliphatic heterocycles. The molecule has 1 atom stereocenters. The maximum absolute atomic E-state index is 11.8. The van der Waals surface area contributed by atoms with Gasteiger partial charge >= 0.3 is 59.1 Å². The van der Waals surface area contributed by atoms with E-state index < -0.39 is 28.2 Å². The van der Waals surface area contributed by atoms with Gasteiger partial charge in [-0.3, -0.25) is 0 Å². The van der Waals surface area contributed by atoms with E-state index in [1.54, 1.807) is 26.0 Å². The smallest absolute Gasteiger partial charge is 0.744 e. The summed E-state index contributed by atoms with van der Waals surface area (Å²) in [6.07, 6.45) is 0. The molecule has 0 spiro atoms. The van der Waals surface area contributed by atoms with Gasteiger partial charge in [-0.2, -0.15) is 0 Å². The van der Waals surface area contributed by atoms with E-state index in [-0.39, 0.29) is 68.9 Å². The molecular formula is C21H19Na2O6PS2. The Labute approximate surface area is 234 Å². The van der Waals surface area contributed by atoms with E-state index in [1.165, 1.54) is 24.3 Å². The van der Waals surface area contributed by atoms with Crippen molar-refractivity contribution in [2.24, 2.45) is 0 Å². The molecule has 11 heteroatoms. The Morgan fingerprint density at radius 3 is 1.78 bits per heavy atom. The summed E-state index contributed by atoms with van der Waals surface area (Å²) in [6.45, 7) is 5.27. The first kappa shape index (κ1) is 29.9. The standard InChI is InChI=1S/C21H21O6PS2.2Na/c1-14-7-4-5-8-18(14)28(19-9-6-10-21(16(19)3)30(25,26)27)20-13-17(29(22,23)24)12-11-15(20)2;;/h4-13H,1-3H3,(H,22,23,24)(H,25,26,27);;/q;2*+1/p-2. The van der Waals surface area contributed by atoms with Crippen molar-refractivity contribution in [3.8, 4) is 0 Å². The zero-order chi connectivity index (χ0) is 22.3. The zero-order valence-electron chi connectivity index (χ0n) is 18.5. The topological polar surface area (TPSA) is 114 Å². The van der Waals surface area contributed by atoms with Gasteiger partial charge in [-0.05, 0) is 79.5 Å². The Morgan fingerprint density at radius 1 is 0.656 bits per heavy atom. The fourth-order valence-electron chi connectivity index (χ4n) is 3.31. The molecule has 0 fully saturated rings. The van der Waals surface area contributed by atoms with E-state index >= 15 is 0 Å². The summed E-state index contributed by atoms with van der Waals surface area (Å²) in [5.41, 5.74) is 2.00. The second-order valence-electron chi connectivity index (χ2n) is 6.88. The van der Waals surface area contributed by atoms with Gasteiger partial charge in [0.1, 0.15) is 20.2 Å². The van der Waals surface area contributed by atoms with E-state index in [1.807, 2.05) is 31.2 Å². The Hall–Kier alpha value is -0.0900. The second kappa shape index (κ2) is 11.6. The molecule has 1 unspecified atom stereocenters. The van der Waals surface area contributed by atoms with Crippen molar-refractivity contribution >= 4 is 44.1 Å². The molecule has 0 aromatic heterocycles. The van der Waals surface area contributed by atoms with Gasteiger partial charge in [0.2, 0.25) is 0 Å². The minimum atomic E-state index is -4.69. The number of hydrogen-bond donors (Lipinski definition) is 0. The van der Waals surface area contributed by atoms with E-state index in [9.17, 15) is 25.9 Å². The van der Waals surface area contributed by atoms with Crippen molar-refractivity contribution in [3.63, 3.8) is 0 Å². The Bertz CT molecular complexity index is 1340. The molecule has 158 valence electrons. The Kier molecular flexibility index (Phi) is 10.8. The minimum Gasteiger partial charge on any atom is -0.744 e. The molecule has 0 radical (unpaired) electrons. The summed E-state index contributed by atoms with van der Waals surface area (Å²) in [5, 5.41) is 2.10. The van der Waals surface area contributed by atoms with Crippen LogP contribution in [-0.4, -0.2) is 25.9 Å². The van der Waals surface area contributed by atoms with Gasteiger partial charge in [0.15, 0.2) is 0 Å². The molecule has 0 heterocycles. The number of rotatable bonds is 5. The fourth-order valence-corrected chi connectivity index (χ4v) is 7.52. The molecule has 3 rings (SSSR count). The second-order valence-corrected chi connectivity index (χ2v) is 11.7. The third kappa shape index (κ3) is 6.52. The first-order valence-corrected chi connectivity index (χ1v) is 13.0. The van der Waals surface area contributed by atoms with Crippen molar-refractivity contribution in [2.75, 3.05) is 0 Å². The fraction of sp³-hybridized carbons (Fsp3) is 0.143. The predicted octanol–water partition coefficient (Wildman–Crippen LogP) is -3.81. The molecule has 6 nitrogen and oxygen atoms in total.